The van der Waals surface area contributed by atoms with Crippen LogP contribution in [0.25, 0.3) is 0 Å². The lowest BCUT2D eigenvalue weighted by Gasteiger charge is -2.05. The lowest BCUT2D eigenvalue weighted by Crippen LogP contribution is -2.19. The molecule has 0 atom stereocenters. The van der Waals surface area contributed by atoms with E-state index >= 15 is 0 Å². The molecule has 0 spiro atoms. The lowest BCUT2D eigenvalue weighted by atomic mass is 10.0. The minimum atomic E-state index is -1.40. The molecule has 0 saturated heterocycles. The molecule has 0 aliphatic heterocycles. The van der Waals surface area contributed by atoms with Gasteiger partial charge in [0, 0.05) is 21.7 Å². The van der Waals surface area contributed by atoms with Crippen LogP contribution in [0.1, 0.15) is 32.7 Å². The predicted molar refractivity (Wildman–Crippen MR) is 119 cm³/mol. The third kappa shape index (κ3) is 5.81. The Labute approximate surface area is 183 Å². The lowest BCUT2D eigenvalue weighted by molar-refractivity contribution is -0.129. The minimum Gasteiger partial charge on any atom is -0.477 e. The molecule has 3 aromatic rings. The maximum atomic E-state index is 13.0. The fourth-order valence-corrected chi connectivity index (χ4v) is 2.84. The average molecular weight is 433 g/mol. The molecule has 0 aliphatic carbocycles. The number of Topliss-reactive ketones (excluding diaryl/α,β-unsaturated/α-hetero) is 2. The zero-order chi connectivity index (χ0) is 22.2. The van der Waals surface area contributed by atoms with Gasteiger partial charge in [-0.3, -0.25) is 9.59 Å². The summed E-state index contributed by atoms with van der Waals surface area (Å²) >= 11 is 5.82. The summed E-state index contributed by atoms with van der Waals surface area (Å²) in [6.07, 6.45) is -0.484. The van der Waals surface area contributed by atoms with Gasteiger partial charge in [0.05, 0.1) is 6.42 Å². The van der Waals surface area contributed by atoms with Crippen molar-refractivity contribution in [2.75, 3.05) is 0 Å². The molecule has 3 rings (SSSR count). The van der Waals surface area contributed by atoms with E-state index in [1.54, 1.807) is 60.7 Å². The van der Waals surface area contributed by atoms with E-state index in [1.807, 2.05) is 0 Å². The molecule has 0 heterocycles. The summed E-state index contributed by atoms with van der Waals surface area (Å²) in [4.78, 5) is 37.1. The van der Waals surface area contributed by atoms with E-state index in [9.17, 15) is 19.5 Å². The number of hydrogen-bond acceptors (Lipinski definition) is 5. The van der Waals surface area contributed by atoms with Gasteiger partial charge in [-0.2, -0.15) is 0 Å². The SMILES string of the molecule is O=C(O)/C(CC(=O)c1ccc(Cl)cc1)=N\N=C(\C(=O)c1ccccc1)c1ccccc1. The van der Waals surface area contributed by atoms with E-state index in [2.05, 4.69) is 10.2 Å². The number of nitrogens with zero attached hydrogens (tertiary/aromatic N) is 2. The second kappa shape index (κ2) is 10.2. The van der Waals surface area contributed by atoms with Crippen LogP contribution in [-0.2, 0) is 4.79 Å². The molecule has 0 fully saturated rings. The molecule has 0 amide bonds. The first-order valence-corrected chi connectivity index (χ1v) is 9.65. The van der Waals surface area contributed by atoms with E-state index in [1.165, 1.54) is 24.3 Å². The van der Waals surface area contributed by atoms with E-state index in [-0.39, 0.29) is 5.71 Å². The second-order valence-corrected chi connectivity index (χ2v) is 6.90. The van der Waals surface area contributed by atoms with Gasteiger partial charge >= 0.3 is 5.97 Å². The number of carbonyl (C=O) groups is 3. The maximum absolute atomic E-state index is 13.0. The number of benzene rings is 3. The van der Waals surface area contributed by atoms with E-state index in [0.29, 0.717) is 21.7 Å². The van der Waals surface area contributed by atoms with Crippen LogP contribution in [0.3, 0.4) is 0 Å². The van der Waals surface area contributed by atoms with Crippen LogP contribution in [0, 0.1) is 0 Å². The van der Waals surface area contributed by atoms with Crippen LogP contribution in [0.5, 0.6) is 0 Å². The van der Waals surface area contributed by atoms with Crippen molar-refractivity contribution in [2.45, 2.75) is 6.42 Å². The molecule has 1 N–H and O–H groups in total. The van der Waals surface area contributed by atoms with Crippen LogP contribution < -0.4 is 0 Å². The number of carboxylic acids is 1. The molecular formula is C24H17ClN2O4. The van der Waals surface area contributed by atoms with Crippen molar-refractivity contribution in [3.63, 3.8) is 0 Å². The third-order valence-electron chi connectivity index (χ3n) is 4.31. The topological polar surface area (TPSA) is 96.2 Å². The highest BCUT2D eigenvalue weighted by molar-refractivity contribution is 6.51. The Morgan fingerprint density at radius 2 is 1.26 bits per heavy atom. The van der Waals surface area contributed by atoms with Gasteiger partial charge in [-0.25, -0.2) is 4.79 Å². The van der Waals surface area contributed by atoms with Crippen molar-refractivity contribution in [1.82, 2.24) is 0 Å². The molecule has 154 valence electrons. The third-order valence-corrected chi connectivity index (χ3v) is 4.56. The fourth-order valence-electron chi connectivity index (χ4n) is 2.71. The van der Waals surface area contributed by atoms with Gasteiger partial charge in [-0.15, -0.1) is 10.2 Å². The van der Waals surface area contributed by atoms with Gasteiger partial charge in [-0.1, -0.05) is 72.3 Å². The van der Waals surface area contributed by atoms with Crippen molar-refractivity contribution in [2.24, 2.45) is 10.2 Å². The van der Waals surface area contributed by atoms with Crippen molar-refractivity contribution < 1.29 is 19.5 Å². The highest BCUT2D eigenvalue weighted by atomic mass is 35.5. The number of aliphatic carboxylic acids is 1. The zero-order valence-corrected chi connectivity index (χ0v) is 17.0. The highest BCUT2D eigenvalue weighted by Gasteiger charge is 2.19. The van der Waals surface area contributed by atoms with Gasteiger partial charge in [0.1, 0.15) is 5.71 Å². The molecule has 0 bridgehead atoms. The maximum Gasteiger partial charge on any atom is 0.352 e. The first-order valence-electron chi connectivity index (χ1n) is 9.27. The molecule has 0 aromatic heterocycles. The van der Waals surface area contributed by atoms with Gasteiger partial charge in [0.2, 0.25) is 5.78 Å². The number of halogens is 1. The summed E-state index contributed by atoms with van der Waals surface area (Å²) in [5.74, 6) is -2.27. The smallest absolute Gasteiger partial charge is 0.352 e. The molecule has 31 heavy (non-hydrogen) atoms. The van der Waals surface area contributed by atoms with Crippen LogP contribution in [-0.4, -0.2) is 34.1 Å². The second-order valence-electron chi connectivity index (χ2n) is 6.47. The van der Waals surface area contributed by atoms with Crippen molar-refractivity contribution in [3.05, 3.63) is 107 Å². The Bertz CT molecular complexity index is 1160. The molecule has 7 heteroatoms. The average Bonchev–Trinajstić information content (AvgIpc) is 2.79. The Morgan fingerprint density at radius 3 is 1.81 bits per heavy atom. The minimum absolute atomic E-state index is 0.0236. The van der Waals surface area contributed by atoms with Crippen LogP contribution >= 0.6 is 11.6 Å². The number of ketones is 2. The summed E-state index contributed by atoms with van der Waals surface area (Å²) in [6.45, 7) is 0. The summed E-state index contributed by atoms with van der Waals surface area (Å²) in [5, 5.41) is 17.7. The monoisotopic (exact) mass is 432 g/mol. The summed E-state index contributed by atoms with van der Waals surface area (Å²) in [7, 11) is 0. The largest absolute Gasteiger partial charge is 0.477 e. The van der Waals surface area contributed by atoms with Crippen molar-refractivity contribution in [3.8, 4) is 0 Å². The van der Waals surface area contributed by atoms with E-state index < -0.39 is 29.7 Å². The van der Waals surface area contributed by atoms with Crippen LogP contribution in [0.2, 0.25) is 5.02 Å². The Balaban J connectivity index is 1.96. The number of carbonyl (C=O) groups excluding carboxylic acids is 2. The molecule has 0 aliphatic rings. The zero-order valence-electron chi connectivity index (χ0n) is 16.2. The van der Waals surface area contributed by atoms with E-state index in [4.69, 9.17) is 11.6 Å². The summed E-state index contributed by atoms with van der Waals surface area (Å²) in [5.41, 5.74) is 0.660. The van der Waals surface area contributed by atoms with Gasteiger partial charge in [-0.05, 0) is 24.3 Å². The molecule has 6 nitrogen and oxygen atoms in total. The van der Waals surface area contributed by atoms with Crippen LogP contribution in [0.4, 0.5) is 0 Å². The van der Waals surface area contributed by atoms with Gasteiger partial charge in [0.25, 0.3) is 0 Å². The quantitative estimate of drug-likeness (QED) is 0.316. The summed E-state index contributed by atoms with van der Waals surface area (Å²) < 4.78 is 0. The molecule has 3 aromatic carbocycles. The van der Waals surface area contributed by atoms with E-state index in [0.717, 1.165) is 0 Å². The number of hydrogen-bond donors (Lipinski definition) is 1. The van der Waals surface area contributed by atoms with Gasteiger partial charge < -0.3 is 5.11 Å². The Hall–Kier alpha value is -3.90. The van der Waals surface area contributed by atoms with Crippen molar-refractivity contribution in [1.29, 1.82) is 0 Å². The fraction of sp³-hybridized carbons (Fsp3) is 0.0417. The van der Waals surface area contributed by atoms with Crippen molar-refractivity contribution >= 4 is 40.6 Å². The number of rotatable bonds is 8. The molecular weight excluding hydrogens is 416 g/mol. The molecule has 0 radical (unpaired) electrons. The Kier molecular flexibility index (Phi) is 7.19. The predicted octanol–water partition coefficient (Wildman–Crippen LogP) is 4.73. The van der Waals surface area contributed by atoms with Gasteiger partial charge in [0.15, 0.2) is 11.5 Å². The normalized spacial score (nSPS) is 11.8. The Morgan fingerprint density at radius 1 is 0.710 bits per heavy atom. The highest BCUT2D eigenvalue weighted by Crippen LogP contribution is 2.13. The standard InChI is InChI=1S/C24H17ClN2O4/c25-19-13-11-16(12-14-19)21(28)15-20(24(30)31)26-27-22(17-7-3-1-4-8-17)23(29)18-9-5-2-6-10-18/h1-14H,15H2,(H,30,31)/b26-20-,27-22+. The summed E-state index contributed by atoms with van der Waals surface area (Å²) in [6, 6.07) is 23.1. The first-order chi connectivity index (χ1) is 15.0. The van der Waals surface area contributed by atoms with Crippen LogP contribution in [0.15, 0.2) is 95.1 Å². The first kappa shape index (κ1) is 21.8. The molecule has 0 saturated carbocycles. The molecule has 0 unspecified atom stereocenters. The number of carboxylic acid groups (broad SMARTS) is 1.